The Morgan fingerprint density at radius 3 is 2.33 bits per heavy atom. The van der Waals surface area contributed by atoms with E-state index in [2.05, 4.69) is 50.0 Å². The summed E-state index contributed by atoms with van der Waals surface area (Å²) in [7, 11) is 0. The maximum atomic E-state index is 4.61. The standard InChI is InChI=1S/C13H15NS/c1-9(2)13-14-10(3)12(15-13)11-7-5-4-6-8-11/h4-9H,1-3H3. The van der Waals surface area contributed by atoms with E-state index in [4.69, 9.17) is 0 Å². The lowest BCUT2D eigenvalue weighted by atomic mass is 10.2. The Bertz CT molecular complexity index is 443. The van der Waals surface area contributed by atoms with E-state index < -0.39 is 0 Å². The number of hydrogen-bond donors (Lipinski definition) is 0. The number of nitrogens with zero attached hydrogens (tertiary/aromatic N) is 1. The van der Waals surface area contributed by atoms with Gasteiger partial charge in [0.05, 0.1) is 15.6 Å². The Labute approximate surface area is 94.8 Å². The molecular formula is C13H15NS. The molecule has 0 aliphatic carbocycles. The average Bonchev–Trinajstić information content (AvgIpc) is 2.62. The van der Waals surface area contributed by atoms with Gasteiger partial charge in [0, 0.05) is 5.92 Å². The molecule has 1 heterocycles. The normalized spacial score (nSPS) is 10.9. The number of aryl methyl sites for hydroxylation is 1. The highest BCUT2D eigenvalue weighted by Crippen LogP contribution is 2.32. The molecule has 2 heteroatoms. The Balaban J connectivity index is 2.45. The summed E-state index contributed by atoms with van der Waals surface area (Å²) in [4.78, 5) is 5.91. The van der Waals surface area contributed by atoms with Crippen molar-refractivity contribution in [2.75, 3.05) is 0 Å². The van der Waals surface area contributed by atoms with Crippen molar-refractivity contribution in [3.63, 3.8) is 0 Å². The quantitative estimate of drug-likeness (QED) is 0.733. The van der Waals surface area contributed by atoms with Crippen LogP contribution in [0.3, 0.4) is 0 Å². The fraction of sp³-hybridized carbons (Fsp3) is 0.308. The molecular weight excluding hydrogens is 202 g/mol. The van der Waals surface area contributed by atoms with Crippen LogP contribution in [0.4, 0.5) is 0 Å². The highest BCUT2D eigenvalue weighted by Gasteiger charge is 2.11. The lowest BCUT2D eigenvalue weighted by Crippen LogP contribution is -1.84. The number of hydrogen-bond acceptors (Lipinski definition) is 2. The molecule has 0 unspecified atom stereocenters. The fourth-order valence-electron chi connectivity index (χ4n) is 1.52. The molecule has 1 nitrogen and oxygen atoms in total. The van der Waals surface area contributed by atoms with Gasteiger partial charge in [-0.2, -0.15) is 0 Å². The molecule has 0 amide bonds. The van der Waals surface area contributed by atoms with Gasteiger partial charge in [-0.15, -0.1) is 11.3 Å². The number of benzene rings is 1. The van der Waals surface area contributed by atoms with Crippen LogP contribution in [0.2, 0.25) is 0 Å². The van der Waals surface area contributed by atoms with E-state index in [0.717, 1.165) is 5.69 Å². The SMILES string of the molecule is Cc1nc(C(C)C)sc1-c1ccccc1. The van der Waals surface area contributed by atoms with E-state index in [9.17, 15) is 0 Å². The van der Waals surface area contributed by atoms with Crippen molar-refractivity contribution in [2.45, 2.75) is 26.7 Å². The molecule has 0 radical (unpaired) electrons. The zero-order valence-corrected chi connectivity index (χ0v) is 10.1. The number of rotatable bonds is 2. The predicted molar refractivity (Wildman–Crippen MR) is 66.4 cm³/mol. The van der Waals surface area contributed by atoms with Gasteiger partial charge < -0.3 is 0 Å². The first kappa shape index (κ1) is 10.4. The smallest absolute Gasteiger partial charge is 0.0959 e. The second-order valence-electron chi connectivity index (χ2n) is 3.99. The predicted octanol–water partition coefficient (Wildman–Crippen LogP) is 4.24. The van der Waals surface area contributed by atoms with Gasteiger partial charge in [-0.05, 0) is 12.5 Å². The van der Waals surface area contributed by atoms with Gasteiger partial charge in [-0.3, -0.25) is 0 Å². The highest BCUT2D eigenvalue weighted by atomic mass is 32.1. The van der Waals surface area contributed by atoms with Gasteiger partial charge in [-0.25, -0.2) is 4.98 Å². The number of aromatic nitrogens is 1. The van der Waals surface area contributed by atoms with Crippen molar-refractivity contribution in [1.29, 1.82) is 0 Å². The molecule has 2 rings (SSSR count). The average molecular weight is 217 g/mol. The number of thiazole rings is 1. The summed E-state index contributed by atoms with van der Waals surface area (Å²) in [6, 6.07) is 10.5. The maximum Gasteiger partial charge on any atom is 0.0959 e. The molecule has 0 atom stereocenters. The lowest BCUT2D eigenvalue weighted by Gasteiger charge is -1.97. The van der Waals surface area contributed by atoms with E-state index in [1.54, 1.807) is 0 Å². The van der Waals surface area contributed by atoms with Crippen molar-refractivity contribution in [2.24, 2.45) is 0 Å². The molecule has 0 saturated carbocycles. The molecule has 2 aromatic rings. The van der Waals surface area contributed by atoms with Crippen LogP contribution >= 0.6 is 11.3 Å². The maximum absolute atomic E-state index is 4.61. The van der Waals surface area contributed by atoms with Gasteiger partial charge in [-0.1, -0.05) is 44.2 Å². The van der Waals surface area contributed by atoms with E-state index in [1.807, 2.05) is 17.4 Å². The van der Waals surface area contributed by atoms with Crippen LogP contribution < -0.4 is 0 Å². The molecule has 1 aromatic heterocycles. The second kappa shape index (κ2) is 4.15. The third kappa shape index (κ3) is 2.10. The van der Waals surface area contributed by atoms with Crippen molar-refractivity contribution in [3.8, 4) is 10.4 Å². The van der Waals surface area contributed by atoms with Crippen molar-refractivity contribution in [1.82, 2.24) is 4.98 Å². The zero-order valence-electron chi connectivity index (χ0n) is 9.32. The van der Waals surface area contributed by atoms with Gasteiger partial charge in [0.1, 0.15) is 0 Å². The van der Waals surface area contributed by atoms with Crippen LogP contribution in [0.1, 0.15) is 30.5 Å². The molecule has 0 spiro atoms. The minimum absolute atomic E-state index is 0.520. The van der Waals surface area contributed by atoms with Crippen LogP contribution in [0, 0.1) is 6.92 Å². The third-order valence-electron chi connectivity index (χ3n) is 2.34. The Kier molecular flexibility index (Phi) is 2.87. The van der Waals surface area contributed by atoms with E-state index >= 15 is 0 Å². The second-order valence-corrected chi connectivity index (χ2v) is 5.02. The molecule has 78 valence electrons. The Morgan fingerprint density at radius 2 is 1.80 bits per heavy atom. The summed E-state index contributed by atoms with van der Waals surface area (Å²) < 4.78 is 0. The molecule has 1 aromatic carbocycles. The first-order valence-corrected chi connectivity index (χ1v) is 6.03. The summed E-state index contributed by atoms with van der Waals surface area (Å²) in [6.45, 7) is 6.46. The largest absolute Gasteiger partial charge is 0.246 e. The Morgan fingerprint density at radius 1 is 1.13 bits per heavy atom. The molecule has 0 saturated heterocycles. The first-order chi connectivity index (χ1) is 7.18. The van der Waals surface area contributed by atoms with E-state index in [0.29, 0.717) is 5.92 Å². The van der Waals surface area contributed by atoms with Crippen molar-refractivity contribution >= 4 is 11.3 Å². The third-order valence-corrected chi connectivity index (χ3v) is 3.85. The van der Waals surface area contributed by atoms with Gasteiger partial charge in [0.25, 0.3) is 0 Å². The molecule has 0 aliphatic rings. The fourth-order valence-corrected chi connectivity index (χ4v) is 2.60. The van der Waals surface area contributed by atoms with E-state index in [-0.39, 0.29) is 0 Å². The van der Waals surface area contributed by atoms with Crippen LogP contribution in [0.25, 0.3) is 10.4 Å². The summed E-state index contributed by atoms with van der Waals surface area (Å²) in [5.41, 5.74) is 2.43. The zero-order chi connectivity index (χ0) is 10.8. The molecule has 15 heavy (non-hydrogen) atoms. The van der Waals surface area contributed by atoms with Crippen LogP contribution in [0.5, 0.6) is 0 Å². The van der Waals surface area contributed by atoms with Gasteiger partial charge in [0.15, 0.2) is 0 Å². The van der Waals surface area contributed by atoms with Crippen molar-refractivity contribution in [3.05, 3.63) is 41.0 Å². The summed E-state index contributed by atoms with van der Waals surface area (Å²) in [5, 5.41) is 1.23. The summed E-state index contributed by atoms with van der Waals surface area (Å²) in [6.07, 6.45) is 0. The molecule has 0 fully saturated rings. The van der Waals surface area contributed by atoms with Crippen LogP contribution in [-0.4, -0.2) is 4.98 Å². The topological polar surface area (TPSA) is 12.9 Å². The lowest BCUT2D eigenvalue weighted by molar-refractivity contribution is 0.847. The molecule has 0 bridgehead atoms. The molecule has 0 aliphatic heterocycles. The monoisotopic (exact) mass is 217 g/mol. The van der Waals surface area contributed by atoms with Crippen LogP contribution in [-0.2, 0) is 0 Å². The van der Waals surface area contributed by atoms with Crippen molar-refractivity contribution < 1.29 is 0 Å². The van der Waals surface area contributed by atoms with Gasteiger partial charge in [0.2, 0.25) is 0 Å². The minimum Gasteiger partial charge on any atom is -0.246 e. The highest BCUT2D eigenvalue weighted by molar-refractivity contribution is 7.15. The Hall–Kier alpha value is -1.15. The first-order valence-electron chi connectivity index (χ1n) is 5.21. The minimum atomic E-state index is 0.520. The van der Waals surface area contributed by atoms with Gasteiger partial charge >= 0.3 is 0 Å². The summed E-state index contributed by atoms with van der Waals surface area (Å²) in [5.74, 6) is 0.520. The van der Waals surface area contributed by atoms with E-state index in [1.165, 1.54) is 15.4 Å². The molecule has 0 N–H and O–H groups in total. The van der Waals surface area contributed by atoms with Crippen LogP contribution in [0.15, 0.2) is 30.3 Å². The summed E-state index contributed by atoms with van der Waals surface area (Å²) >= 11 is 1.81.